The quantitative estimate of drug-likeness (QED) is 0.561. The van der Waals surface area contributed by atoms with Crippen molar-refractivity contribution in [2.24, 2.45) is 5.41 Å². The zero-order valence-electron chi connectivity index (χ0n) is 18.0. The average Bonchev–Trinajstić information content (AvgIpc) is 2.91. The molecule has 1 aromatic carbocycles. The molecule has 0 aromatic heterocycles. The lowest BCUT2D eigenvalue weighted by Gasteiger charge is -2.45. The van der Waals surface area contributed by atoms with E-state index in [-0.39, 0.29) is 18.4 Å². The molecular weight excluding hydrogens is 372 g/mol. The maximum atomic E-state index is 13.1. The maximum Gasteiger partial charge on any atom is 0.410 e. The molecule has 0 bridgehead atoms. The van der Waals surface area contributed by atoms with Crippen LogP contribution in [-0.4, -0.2) is 59.6 Å². The summed E-state index contributed by atoms with van der Waals surface area (Å²) in [4.78, 5) is 42.0. The molecular formula is C22H30N2O5. The third-order valence-corrected chi connectivity index (χ3v) is 5.80. The van der Waals surface area contributed by atoms with Crippen molar-refractivity contribution in [1.82, 2.24) is 9.80 Å². The summed E-state index contributed by atoms with van der Waals surface area (Å²) < 4.78 is 10.6. The van der Waals surface area contributed by atoms with Crippen LogP contribution < -0.4 is 0 Å². The van der Waals surface area contributed by atoms with E-state index in [9.17, 15) is 14.4 Å². The predicted molar refractivity (Wildman–Crippen MR) is 107 cm³/mol. The van der Waals surface area contributed by atoms with Crippen molar-refractivity contribution in [1.29, 1.82) is 0 Å². The van der Waals surface area contributed by atoms with E-state index in [0.717, 1.165) is 11.1 Å². The summed E-state index contributed by atoms with van der Waals surface area (Å²) in [5.41, 5.74) is 0.0999. The maximum absolute atomic E-state index is 13.1. The first-order valence-electron chi connectivity index (χ1n) is 9.94. The third kappa shape index (κ3) is 3.70. The highest BCUT2D eigenvalue weighted by molar-refractivity contribution is 6.04. The van der Waals surface area contributed by atoms with E-state index in [4.69, 9.17) is 9.47 Å². The Hall–Kier alpha value is -2.57. The monoisotopic (exact) mass is 402 g/mol. The first-order chi connectivity index (χ1) is 13.5. The van der Waals surface area contributed by atoms with Crippen LogP contribution in [0.15, 0.2) is 24.3 Å². The van der Waals surface area contributed by atoms with Gasteiger partial charge in [0.25, 0.3) is 0 Å². The van der Waals surface area contributed by atoms with Gasteiger partial charge in [0.05, 0.1) is 19.2 Å². The van der Waals surface area contributed by atoms with E-state index in [2.05, 4.69) is 0 Å². The fourth-order valence-corrected chi connectivity index (χ4v) is 4.41. The number of nitrogens with zero attached hydrogens (tertiary/aromatic N) is 2. The Balaban J connectivity index is 2.05. The number of carbonyl (C=O) groups is 3. The minimum absolute atomic E-state index is 0.239. The standard InChI is InChI=1S/C22H30N2O5/c1-14-9-7-8-10-15(14)17-16-13-22(5,19(26)28-6)18(25)23(16)11-12-24(17)20(27)29-21(2,3)4/h7-10,16-17H,11-13H2,1-6H3. The molecule has 3 rings (SSSR count). The van der Waals surface area contributed by atoms with Gasteiger partial charge >= 0.3 is 12.1 Å². The molecule has 0 aliphatic carbocycles. The summed E-state index contributed by atoms with van der Waals surface area (Å²) in [6.07, 6.45) is -0.124. The largest absolute Gasteiger partial charge is 0.468 e. The van der Waals surface area contributed by atoms with Gasteiger partial charge in [0.15, 0.2) is 0 Å². The van der Waals surface area contributed by atoms with Crippen LogP contribution in [0.3, 0.4) is 0 Å². The minimum Gasteiger partial charge on any atom is -0.468 e. The SMILES string of the molecule is COC(=O)C1(C)CC2C(c3ccccc3C)N(C(=O)OC(C)(C)C)CCN2C1=O. The number of ether oxygens (including phenoxy) is 2. The van der Waals surface area contributed by atoms with Gasteiger partial charge in [0.2, 0.25) is 5.91 Å². The highest BCUT2D eigenvalue weighted by atomic mass is 16.6. The fraction of sp³-hybridized carbons (Fsp3) is 0.591. The minimum atomic E-state index is -1.25. The molecule has 158 valence electrons. The Bertz CT molecular complexity index is 831. The molecule has 2 aliphatic heterocycles. The number of carbonyl (C=O) groups excluding carboxylic acids is 3. The predicted octanol–water partition coefficient (Wildman–Crippen LogP) is 3.07. The van der Waals surface area contributed by atoms with E-state index in [0.29, 0.717) is 13.1 Å². The Labute approximate surface area is 171 Å². The normalized spacial score (nSPS) is 26.9. The highest BCUT2D eigenvalue weighted by Gasteiger charge is 2.59. The van der Waals surface area contributed by atoms with Gasteiger partial charge in [-0.3, -0.25) is 14.5 Å². The molecule has 7 heteroatoms. The van der Waals surface area contributed by atoms with Gasteiger partial charge in [-0.2, -0.15) is 0 Å². The Morgan fingerprint density at radius 3 is 2.41 bits per heavy atom. The molecule has 2 fully saturated rings. The van der Waals surface area contributed by atoms with Gasteiger partial charge in [-0.15, -0.1) is 0 Å². The topological polar surface area (TPSA) is 76.2 Å². The number of hydrogen-bond acceptors (Lipinski definition) is 5. The summed E-state index contributed by atoms with van der Waals surface area (Å²) in [5, 5.41) is 0. The lowest BCUT2D eigenvalue weighted by Crippen LogP contribution is -2.56. The zero-order chi connectivity index (χ0) is 21.6. The molecule has 7 nitrogen and oxygen atoms in total. The van der Waals surface area contributed by atoms with Crippen LogP contribution in [0.1, 0.15) is 51.3 Å². The summed E-state index contributed by atoms with van der Waals surface area (Å²) >= 11 is 0. The number of piperazine rings is 1. The van der Waals surface area contributed by atoms with Gasteiger partial charge in [-0.05, 0) is 52.2 Å². The van der Waals surface area contributed by atoms with Crippen molar-refractivity contribution in [2.75, 3.05) is 20.2 Å². The van der Waals surface area contributed by atoms with Gasteiger partial charge in [-0.1, -0.05) is 24.3 Å². The zero-order valence-corrected chi connectivity index (χ0v) is 18.0. The molecule has 2 aliphatic rings. The number of aryl methyl sites for hydroxylation is 1. The number of fused-ring (bicyclic) bond motifs is 1. The van der Waals surface area contributed by atoms with Crippen LogP contribution in [0.25, 0.3) is 0 Å². The average molecular weight is 402 g/mol. The van der Waals surface area contributed by atoms with Crippen LogP contribution in [-0.2, 0) is 19.1 Å². The second kappa shape index (κ2) is 7.35. The molecule has 1 aromatic rings. The van der Waals surface area contributed by atoms with Gasteiger partial charge in [-0.25, -0.2) is 4.79 Å². The summed E-state index contributed by atoms with van der Waals surface area (Å²) in [5.74, 6) is -0.777. The van der Waals surface area contributed by atoms with Crippen molar-refractivity contribution in [3.63, 3.8) is 0 Å². The Morgan fingerprint density at radius 1 is 1.17 bits per heavy atom. The summed E-state index contributed by atoms with van der Waals surface area (Å²) in [6, 6.07) is 7.10. The van der Waals surface area contributed by atoms with E-state index < -0.39 is 29.1 Å². The highest BCUT2D eigenvalue weighted by Crippen LogP contribution is 2.46. The van der Waals surface area contributed by atoms with E-state index in [1.807, 2.05) is 52.0 Å². The molecule has 0 saturated carbocycles. The van der Waals surface area contributed by atoms with E-state index >= 15 is 0 Å². The van der Waals surface area contributed by atoms with Crippen LogP contribution in [0.2, 0.25) is 0 Å². The molecule has 2 saturated heterocycles. The van der Waals surface area contributed by atoms with Crippen LogP contribution in [0.4, 0.5) is 4.79 Å². The number of hydrogen-bond donors (Lipinski definition) is 0. The van der Waals surface area contributed by atoms with E-state index in [1.165, 1.54) is 7.11 Å². The molecule has 0 N–H and O–H groups in total. The van der Waals surface area contributed by atoms with Crippen molar-refractivity contribution in [2.45, 2.75) is 58.7 Å². The Kier molecular flexibility index (Phi) is 5.36. The van der Waals surface area contributed by atoms with Crippen LogP contribution in [0, 0.1) is 12.3 Å². The first-order valence-corrected chi connectivity index (χ1v) is 9.94. The molecule has 29 heavy (non-hydrogen) atoms. The third-order valence-electron chi connectivity index (χ3n) is 5.80. The molecule has 3 unspecified atom stereocenters. The smallest absolute Gasteiger partial charge is 0.410 e. The lowest BCUT2D eigenvalue weighted by molar-refractivity contribution is -0.158. The molecule has 3 atom stereocenters. The van der Waals surface area contributed by atoms with Crippen molar-refractivity contribution < 1.29 is 23.9 Å². The van der Waals surface area contributed by atoms with Gasteiger partial charge in [0, 0.05) is 13.1 Å². The summed E-state index contributed by atoms with van der Waals surface area (Å²) in [7, 11) is 1.30. The fourth-order valence-electron chi connectivity index (χ4n) is 4.41. The first kappa shape index (κ1) is 21.1. The molecule has 0 radical (unpaired) electrons. The van der Waals surface area contributed by atoms with Gasteiger partial charge in [0.1, 0.15) is 11.0 Å². The molecule has 2 heterocycles. The second-order valence-corrected chi connectivity index (χ2v) is 9.07. The van der Waals surface area contributed by atoms with Crippen LogP contribution in [0.5, 0.6) is 0 Å². The van der Waals surface area contributed by atoms with Crippen molar-refractivity contribution >= 4 is 18.0 Å². The summed E-state index contributed by atoms with van der Waals surface area (Å²) in [6.45, 7) is 9.81. The number of amides is 2. The number of rotatable bonds is 2. The molecule has 2 amide bonds. The van der Waals surface area contributed by atoms with E-state index in [1.54, 1.807) is 16.7 Å². The van der Waals surface area contributed by atoms with Crippen LogP contribution >= 0.6 is 0 Å². The second-order valence-electron chi connectivity index (χ2n) is 9.07. The number of methoxy groups -OCH3 is 1. The van der Waals surface area contributed by atoms with Crippen molar-refractivity contribution in [3.05, 3.63) is 35.4 Å². The lowest BCUT2D eigenvalue weighted by atomic mass is 9.83. The number of benzene rings is 1. The van der Waals surface area contributed by atoms with Gasteiger partial charge < -0.3 is 14.4 Å². The molecule has 0 spiro atoms. The Morgan fingerprint density at radius 2 is 1.83 bits per heavy atom. The number of esters is 1. The van der Waals surface area contributed by atoms with Crippen molar-refractivity contribution in [3.8, 4) is 0 Å².